The third kappa shape index (κ3) is 4.94. The zero-order valence-corrected chi connectivity index (χ0v) is 21.0. The highest BCUT2D eigenvalue weighted by Crippen LogP contribution is 2.40. The van der Waals surface area contributed by atoms with Crippen LogP contribution in [-0.4, -0.2) is 29.2 Å². The molecule has 1 aliphatic heterocycles. The number of hydrogen-bond acceptors (Lipinski definition) is 5. The first-order chi connectivity index (χ1) is 15.9. The fourth-order valence-corrected chi connectivity index (χ4v) is 5.15. The number of carbonyl (C=O) groups is 2. The van der Waals surface area contributed by atoms with Crippen LogP contribution in [0.2, 0.25) is 0 Å². The summed E-state index contributed by atoms with van der Waals surface area (Å²) in [5, 5.41) is 2.11. The van der Waals surface area contributed by atoms with Crippen LogP contribution >= 0.6 is 27.7 Å². The average Bonchev–Trinajstić information content (AvgIpc) is 3.09. The Kier molecular flexibility index (Phi) is 7.10. The van der Waals surface area contributed by atoms with Crippen LogP contribution < -0.4 is 9.47 Å². The molecule has 4 rings (SSSR count). The zero-order valence-electron chi connectivity index (χ0n) is 18.6. The first kappa shape index (κ1) is 23.4. The van der Waals surface area contributed by atoms with E-state index in [0.29, 0.717) is 33.9 Å². The van der Waals surface area contributed by atoms with E-state index in [4.69, 9.17) is 9.47 Å². The SMILES string of the molecule is CC[C@@H](C)N1C(=O)S/C(=C/c2cc(Br)c(OCc3ccc4ccccc4c3)c(OC)c2)C1=O. The van der Waals surface area contributed by atoms with Gasteiger partial charge in [0.15, 0.2) is 11.5 Å². The van der Waals surface area contributed by atoms with E-state index in [9.17, 15) is 9.59 Å². The summed E-state index contributed by atoms with van der Waals surface area (Å²) in [7, 11) is 1.57. The molecule has 170 valence electrons. The topological polar surface area (TPSA) is 55.8 Å². The van der Waals surface area contributed by atoms with Crippen molar-refractivity contribution in [2.24, 2.45) is 0 Å². The van der Waals surface area contributed by atoms with Gasteiger partial charge in [-0.2, -0.15) is 0 Å². The van der Waals surface area contributed by atoms with Crippen molar-refractivity contribution in [3.63, 3.8) is 0 Å². The van der Waals surface area contributed by atoms with Gasteiger partial charge in [-0.05, 0) is 87.2 Å². The molecule has 0 radical (unpaired) electrons. The van der Waals surface area contributed by atoms with Gasteiger partial charge in [-0.25, -0.2) is 0 Å². The van der Waals surface area contributed by atoms with Crippen molar-refractivity contribution in [3.05, 3.63) is 75.1 Å². The Balaban J connectivity index is 1.56. The van der Waals surface area contributed by atoms with Gasteiger partial charge < -0.3 is 9.47 Å². The fourth-order valence-electron chi connectivity index (χ4n) is 3.64. The van der Waals surface area contributed by atoms with Crippen LogP contribution in [-0.2, 0) is 11.4 Å². The molecule has 0 N–H and O–H groups in total. The quantitative estimate of drug-likeness (QED) is 0.310. The number of methoxy groups -OCH3 is 1. The van der Waals surface area contributed by atoms with E-state index >= 15 is 0 Å². The highest BCUT2D eigenvalue weighted by molar-refractivity contribution is 9.10. The van der Waals surface area contributed by atoms with E-state index in [1.54, 1.807) is 19.3 Å². The lowest BCUT2D eigenvalue weighted by Crippen LogP contribution is -2.36. The summed E-state index contributed by atoms with van der Waals surface area (Å²) in [6.07, 6.45) is 2.43. The van der Waals surface area contributed by atoms with Crippen LogP contribution in [0.4, 0.5) is 4.79 Å². The highest BCUT2D eigenvalue weighted by atomic mass is 79.9. The number of rotatable bonds is 7. The highest BCUT2D eigenvalue weighted by Gasteiger charge is 2.37. The molecule has 7 heteroatoms. The molecule has 1 fully saturated rings. The molecule has 0 aromatic heterocycles. The molecule has 3 aromatic carbocycles. The van der Waals surface area contributed by atoms with E-state index < -0.39 is 0 Å². The number of carbonyl (C=O) groups excluding carboxylic acids is 2. The molecule has 0 aliphatic carbocycles. The Bertz CT molecular complexity index is 1260. The predicted molar refractivity (Wildman–Crippen MR) is 137 cm³/mol. The third-order valence-corrected chi connectivity index (χ3v) is 7.07. The van der Waals surface area contributed by atoms with Gasteiger partial charge in [0.25, 0.3) is 11.1 Å². The van der Waals surface area contributed by atoms with Gasteiger partial charge in [-0.3, -0.25) is 14.5 Å². The van der Waals surface area contributed by atoms with Crippen LogP contribution in [0.25, 0.3) is 16.8 Å². The van der Waals surface area contributed by atoms with E-state index in [1.165, 1.54) is 10.3 Å². The minimum absolute atomic E-state index is 0.129. The van der Waals surface area contributed by atoms with Crippen LogP contribution in [0.3, 0.4) is 0 Å². The number of ether oxygens (including phenoxy) is 2. The molecular formula is C26H24BrNO4S. The fraction of sp³-hybridized carbons (Fsp3) is 0.231. The molecule has 1 heterocycles. The Labute approximate surface area is 205 Å². The lowest BCUT2D eigenvalue weighted by molar-refractivity contribution is -0.124. The van der Waals surface area contributed by atoms with Crippen molar-refractivity contribution in [2.75, 3.05) is 7.11 Å². The van der Waals surface area contributed by atoms with Crippen LogP contribution in [0, 0.1) is 0 Å². The first-order valence-electron chi connectivity index (χ1n) is 10.7. The standard InChI is InChI=1S/C26H24BrNO4S/c1-4-16(2)28-25(29)23(33-26(28)30)14-18-12-21(27)24(22(13-18)31-3)32-15-17-9-10-19-7-5-6-8-20(19)11-17/h5-14,16H,4,15H2,1-3H3/b23-14+/t16-/m1/s1. The summed E-state index contributed by atoms with van der Waals surface area (Å²) in [5.41, 5.74) is 1.79. The number of amides is 2. The molecule has 0 spiro atoms. The molecule has 1 saturated heterocycles. The van der Waals surface area contributed by atoms with Gasteiger partial charge in [-0.15, -0.1) is 0 Å². The van der Waals surface area contributed by atoms with Crippen LogP contribution in [0.1, 0.15) is 31.4 Å². The predicted octanol–water partition coefficient (Wildman–Crippen LogP) is 7.02. The lowest BCUT2D eigenvalue weighted by atomic mass is 10.1. The van der Waals surface area contributed by atoms with Crippen molar-refractivity contribution in [3.8, 4) is 11.5 Å². The Morgan fingerprint density at radius 2 is 1.85 bits per heavy atom. The third-order valence-electron chi connectivity index (χ3n) is 5.60. The second-order valence-electron chi connectivity index (χ2n) is 7.81. The second kappa shape index (κ2) is 10.0. The summed E-state index contributed by atoms with van der Waals surface area (Å²) in [6.45, 7) is 4.21. The zero-order chi connectivity index (χ0) is 23.5. The summed E-state index contributed by atoms with van der Waals surface area (Å²) < 4.78 is 12.4. The van der Waals surface area contributed by atoms with Gasteiger partial charge >= 0.3 is 0 Å². The number of fused-ring (bicyclic) bond motifs is 1. The van der Waals surface area contributed by atoms with Crippen molar-refractivity contribution in [1.29, 1.82) is 0 Å². The van der Waals surface area contributed by atoms with Crippen molar-refractivity contribution < 1.29 is 19.1 Å². The average molecular weight is 526 g/mol. The molecule has 0 bridgehead atoms. The van der Waals surface area contributed by atoms with E-state index in [2.05, 4.69) is 40.2 Å². The van der Waals surface area contributed by atoms with E-state index in [-0.39, 0.29) is 17.2 Å². The summed E-state index contributed by atoms with van der Waals surface area (Å²) in [5.74, 6) is 0.860. The maximum atomic E-state index is 12.7. The second-order valence-corrected chi connectivity index (χ2v) is 9.66. The minimum Gasteiger partial charge on any atom is -0.493 e. The molecule has 0 unspecified atom stereocenters. The normalized spacial score (nSPS) is 16.0. The smallest absolute Gasteiger partial charge is 0.293 e. The van der Waals surface area contributed by atoms with Crippen molar-refractivity contribution in [2.45, 2.75) is 32.9 Å². The van der Waals surface area contributed by atoms with Crippen molar-refractivity contribution >= 4 is 55.7 Å². The number of nitrogens with zero attached hydrogens (tertiary/aromatic N) is 1. The van der Waals surface area contributed by atoms with E-state index in [0.717, 1.165) is 28.3 Å². The summed E-state index contributed by atoms with van der Waals surface area (Å²) in [4.78, 5) is 26.8. The Hall–Kier alpha value is -2.77. The minimum atomic E-state index is -0.258. The maximum Gasteiger partial charge on any atom is 0.293 e. The van der Waals surface area contributed by atoms with Gasteiger partial charge in [0.1, 0.15) is 6.61 Å². The summed E-state index contributed by atoms with van der Waals surface area (Å²) >= 11 is 4.53. The monoisotopic (exact) mass is 525 g/mol. The molecule has 1 aliphatic rings. The molecule has 33 heavy (non-hydrogen) atoms. The largest absolute Gasteiger partial charge is 0.493 e. The van der Waals surface area contributed by atoms with Gasteiger partial charge in [-0.1, -0.05) is 43.3 Å². The number of hydrogen-bond donors (Lipinski definition) is 0. The maximum absolute atomic E-state index is 12.7. The van der Waals surface area contributed by atoms with Gasteiger partial charge in [0.2, 0.25) is 0 Å². The van der Waals surface area contributed by atoms with Crippen LogP contribution in [0.5, 0.6) is 11.5 Å². The number of imide groups is 1. The summed E-state index contributed by atoms with van der Waals surface area (Å²) in [6, 6.07) is 18.0. The van der Waals surface area contributed by atoms with Gasteiger partial charge in [0.05, 0.1) is 16.5 Å². The Morgan fingerprint density at radius 3 is 2.58 bits per heavy atom. The first-order valence-corrected chi connectivity index (χ1v) is 12.3. The number of thioether (sulfide) groups is 1. The van der Waals surface area contributed by atoms with Gasteiger partial charge in [0, 0.05) is 6.04 Å². The van der Waals surface area contributed by atoms with E-state index in [1.807, 2.05) is 38.1 Å². The number of benzene rings is 3. The Morgan fingerprint density at radius 1 is 1.09 bits per heavy atom. The molecule has 3 aromatic rings. The number of halogens is 1. The van der Waals surface area contributed by atoms with Crippen molar-refractivity contribution in [1.82, 2.24) is 4.90 Å². The molecule has 1 atom stereocenters. The lowest BCUT2D eigenvalue weighted by Gasteiger charge is -2.19. The molecule has 5 nitrogen and oxygen atoms in total. The van der Waals surface area contributed by atoms with Crippen LogP contribution in [0.15, 0.2) is 64.0 Å². The molecule has 0 saturated carbocycles. The molecule has 2 amide bonds. The molecular weight excluding hydrogens is 502 g/mol.